The van der Waals surface area contributed by atoms with Crippen molar-refractivity contribution < 1.29 is 9.84 Å². The molecule has 0 radical (unpaired) electrons. The highest BCUT2D eigenvalue weighted by Gasteiger charge is 2.20. The summed E-state index contributed by atoms with van der Waals surface area (Å²) >= 11 is 0. The number of anilines is 1. The number of nitrogens with zero attached hydrogens (tertiary/aromatic N) is 4. The van der Waals surface area contributed by atoms with E-state index in [9.17, 15) is 4.79 Å². The summed E-state index contributed by atoms with van der Waals surface area (Å²) in [5.41, 5.74) is 2.29. The van der Waals surface area contributed by atoms with Gasteiger partial charge in [-0.15, -0.1) is 0 Å². The first kappa shape index (κ1) is 17.5. The Balaban J connectivity index is 1.82. The normalized spacial score (nSPS) is 14.1. The molecule has 1 N–H and O–H groups in total. The van der Waals surface area contributed by atoms with Crippen LogP contribution in [0.25, 0.3) is 22.2 Å². The van der Waals surface area contributed by atoms with Crippen LogP contribution in [0.15, 0.2) is 41.5 Å². The summed E-state index contributed by atoms with van der Waals surface area (Å²) in [5.74, 6) is 1.41. The molecule has 2 aromatic heterocycles. The number of fused-ring (bicyclic) bond motifs is 1. The van der Waals surface area contributed by atoms with Gasteiger partial charge >= 0.3 is 0 Å². The third kappa shape index (κ3) is 3.38. The molecule has 1 aromatic carbocycles. The van der Waals surface area contributed by atoms with Gasteiger partial charge < -0.3 is 19.3 Å². The van der Waals surface area contributed by atoms with Crippen molar-refractivity contribution in [3.8, 4) is 17.0 Å². The van der Waals surface area contributed by atoms with Gasteiger partial charge in [-0.1, -0.05) is 0 Å². The molecule has 140 valence electrons. The summed E-state index contributed by atoms with van der Waals surface area (Å²) in [7, 11) is 1.71. The van der Waals surface area contributed by atoms with Crippen molar-refractivity contribution in [1.29, 1.82) is 0 Å². The third-order valence-electron chi connectivity index (χ3n) is 4.80. The summed E-state index contributed by atoms with van der Waals surface area (Å²) < 4.78 is 6.91. The molecule has 0 saturated carbocycles. The SMILES string of the molecule is Cn1cnc2cc(-c3ccc(OCCO)cc3)nc(N3CCCC3)c2c1=O. The van der Waals surface area contributed by atoms with Crippen molar-refractivity contribution in [3.05, 3.63) is 47.0 Å². The first-order valence-electron chi connectivity index (χ1n) is 9.13. The van der Waals surface area contributed by atoms with Crippen LogP contribution in [-0.4, -0.2) is 45.9 Å². The molecule has 1 aliphatic rings. The quantitative estimate of drug-likeness (QED) is 0.744. The van der Waals surface area contributed by atoms with E-state index in [1.165, 1.54) is 4.57 Å². The summed E-state index contributed by atoms with van der Waals surface area (Å²) in [4.78, 5) is 24.2. The fourth-order valence-corrected chi connectivity index (χ4v) is 3.39. The topological polar surface area (TPSA) is 80.5 Å². The minimum atomic E-state index is -0.0753. The second kappa shape index (κ2) is 7.36. The lowest BCUT2D eigenvalue weighted by Gasteiger charge is -2.19. The molecule has 1 fully saturated rings. The van der Waals surface area contributed by atoms with Gasteiger partial charge in [-0.25, -0.2) is 9.97 Å². The Bertz CT molecular complexity index is 1010. The number of aliphatic hydroxyl groups excluding tert-OH is 1. The zero-order valence-corrected chi connectivity index (χ0v) is 15.3. The second-order valence-electron chi connectivity index (χ2n) is 6.68. The van der Waals surface area contributed by atoms with Gasteiger partial charge in [0, 0.05) is 25.7 Å². The molecule has 7 heteroatoms. The number of benzene rings is 1. The van der Waals surface area contributed by atoms with E-state index in [4.69, 9.17) is 14.8 Å². The Kier molecular flexibility index (Phi) is 4.77. The minimum Gasteiger partial charge on any atom is -0.491 e. The fourth-order valence-electron chi connectivity index (χ4n) is 3.39. The van der Waals surface area contributed by atoms with Gasteiger partial charge in [-0.05, 0) is 43.2 Å². The van der Waals surface area contributed by atoms with E-state index in [1.807, 2.05) is 30.3 Å². The van der Waals surface area contributed by atoms with E-state index in [0.29, 0.717) is 22.5 Å². The fraction of sp³-hybridized carbons (Fsp3) is 0.350. The minimum absolute atomic E-state index is 0.0200. The summed E-state index contributed by atoms with van der Waals surface area (Å²) in [6.07, 6.45) is 3.75. The molecule has 0 aliphatic carbocycles. The number of aromatic nitrogens is 3. The molecule has 3 heterocycles. The van der Waals surface area contributed by atoms with Crippen molar-refractivity contribution in [1.82, 2.24) is 14.5 Å². The van der Waals surface area contributed by atoms with Gasteiger partial charge in [0.25, 0.3) is 5.56 Å². The lowest BCUT2D eigenvalue weighted by molar-refractivity contribution is 0.201. The van der Waals surface area contributed by atoms with Crippen LogP contribution < -0.4 is 15.2 Å². The van der Waals surface area contributed by atoms with Crippen molar-refractivity contribution in [2.45, 2.75) is 12.8 Å². The van der Waals surface area contributed by atoms with Crippen LogP contribution in [0.5, 0.6) is 5.75 Å². The molecular formula is C20H22N4O3. The average molecular weight is 366 g/mol. The van der Waals surface area contributed by atoms with E-state index in [-0.39, 0.29) is 18.8 Å². The van der Waals surface area contributed by atoms with E-state index < -0.39 is 0 Å². The van der Waals surface area contributed by atoms with E-state index in [2.05, 4.69) is 9.88 Å². The highest BCUT2D eigenvalue weighted by molar-refractivity contribution is 5.91. The molecule has 3 aromatic rings. The van der Waals surface area contributed by atoms with Crippen LogP contribution in [0.3, 0.4) is 0 Å². The Morgan fingerprint density at radius 1 is 1.19 bits per heavy atom. The second-order valence-corrected chi connectivity index (χ2v) is 6.68. The summed E-state index contributed by atoms with van der Waals surface area (Å²) in [6, 6.07) is 9.42. The van der Waals surface area contributed by atoms with Crippen LogP contribution in [-0.2, 0) is 7.05 Å². The average Bonchev–Trinajstić information content (AvgIpc) is 3.23. The predicted molar refractivity (Wildman–Crippen MR) is 104 cm³/mol. The number of aliphatic hydroxyl groups is 1. The standard InChI is InChI=1S/C20H22N4O3/c1-23-13-21-17-12-16(14-4-6-15(7-5-14)27-11-10-25)22-19(18(17)20(23)26)24-8-2-3-9-24/h4-7,12-13,25H,2-3,8-11H2,1H3. The highest BCUT2D eigenvalue weighted by Crippen LogP contribution is 2.29. The number of rotatable bonds is 5. The molecule has 0 spiro atoms. The first-order valence-corrected chi connectivity index (χ1v) is 9.13. The zero-order valence-electron chi connectivity index (χ0n) is 15.3. The maximum Gasteiger partial charge on any atom is 0.264 e. The number of pyridine rings is 1. The van der Waals surface area contributed by atoms with E-state index in [1.54, 1.807) is 13.4 Å². The lowest BCUT2D eigenvalue weighted by Crippen LogP contribution is -2.25. The number of hydrogen-bond acceptors (Lipinski definition) is 6. The van der Waals surface area contributed by atoms with E-state index in [0.717, 1.165) is 37.2 Å². The van der Waals surface area contributed by atoms with Gasteiger partial charge in [0.05, 0.1) is 24.1 Å². The zero-order chi connectivity index (χ0) is 18.8. The molecule has 0 bridgehead atoms. The Morgan fingerprint density at radius 2 is 1.93 bits per heavy atom. The predicted octanol–water partition coefficient (Wildman–Crippen LogP) is 1.97. The van der Waals surface area contributed by atoms with Gasteiger partial charge in [-0.2, -0.15) is 0 Å². The third-order valence-corrected chi connectivity index (χ3v) is 4.80. The molecule has 0 atom stereocenters. The molecule has 1 aliphatic heterocycles. The van der Waals surface area contributed by atoms with Gasteiger partial charge in [-0.3, -0.25) is 4.79 Å². The summed E-state index contributed by atoms with van der Waals surface area (Å²) in [5, 5.41) is 9.44. The van der Waals surface area contributed by atoms with Gasteiger partial charge in [0.2, 0.25) is 0 Å². The maximum atomic E-state index is 12.7. The molecule has 0 amide bonds. The largest absolute Gasteiger partial charge is 0.491 e. The molecule has 4 rings (SSSR count). The smallest absolute Gasteiger partial charge is 0.264 e. The Labute approximate surface area is 156 Å². The van der Waals surface area contributed by atoms with Crippen LogP contribution >= 0.6 is 0 Å². The first-order chi connectivity index (χ1) is 13.2. The van der Waals surface area contributed by atoms with Crippen molar-refractivity contribution in [2.24, 2.45) is 7.05 Å². The molecule has 1 saturated heterocycles. The molecular weight excluding hydrogens is 344 g/mol. The highest BCUT2D eigenvalue weighted by atomic mass is 16.5. The number of aryl methyl sites for hydroxylation is 1. The number of ether oxygens (including phenoxy) is 1. The Hall–Kier alpha value is -2.93. The van der Waals surface area contributed by atoms with Crippen LogP contribution in [0, 0.1) is 0 Å². The van der Waals surface area contributed by atoms with Crippen molar-refractivity contribution in [3.63, 3.8) is 0 Å². The van der Waals surface area contributed by atoms with E-state index >= 15 is 0 Å². The molecule has 7 nitrogen and oxygen atoms in total. The summed E-state index contributed by atoms with van der Waals surface area (Å²) in [6.45, 7) is 2.04. The van der Waals surface area contributed by atoms with Gasteiger partial charge in [0.15, 0.2) is 0 Å². The maximum absolute atomic E-state index is 12.7. The van der Waals surface area contributed by atoms with Crippen LogP contribution in [0.1, 0.15) is 12.8 Å². The number of hydrogen-bond donors (Lipinski definition) is 1. The van der Waals surface area contributed by atoms with Crippen LogP contribution in [0.2, 0.25) is 0 Å². The van der Waals surface area contributed by atoms with Crippen LogP contribution in [0.4, 0.5) is 5.82 Å². The Morgan fingerprint density at radius 3 is 2.63 bits per heavy atom. The lowest BCUT2D eigenvalue weighted by atomic mass is 10.1. The van der Waals surface area contributed by atoms with Crippen molar-refractivity contribution in [2.75, 3.05) is 31.2 Å². The monoisotopic (exact) mass is 366 g/mol. The van der Waals surface area contributed by atoms with Gasteiger partial charge in [0.1, 0.15) is 23.6 Å². The van der Waals surface area contributed by atoms with Crippen molar-refractivity contribution >= 4 is 16.7 Å². The molecule has 27 heavy (non-hydrogen) atoms. The molecule has 0 unspecified atom stereocenters.